The molecule has 2 saturated heterocycles. The first-order valence-corrected chi connectivity index (χ1v) is 6.62. The molecule has 0 radical (unpaired) electrons. The van der Waals surface area contributed by atoms with Crippen molar-refractivity contribution in [1.29, 1.82) is 0 Å². The Bertz CT molecular complexity index is 583. The van der Waals surface area contributed by atoms with Gasteiger partial charge >= 0.3 is 0 Å². The Morgan fingerprint density at radius 3 is 2.50 bits per heavy atom. The van der Waals surface area contributed by atoms with Gasteiger partial charge in [-0.3, -0.25) is 0 Å². The van der Waals surface area contributed by atoms with Crippen LogP contribution in [0.15, 0.2) is 36.4 Å². The van der Waals surface area contributed by atoms with Crippen LogP contribution in [0, 0.1) is 0 Å². The molecule has 2 aliphatic rings. The van der Waals surface area contributed by atoms with Crippen LogP contribution in [0.4, 0.5) is 0 Å². The topological polar surface area (TPSA) is 25.1 Å². The van der Waals surface area contributed by atoms with E-state index in [1.807, 2.05) is 0 Å². The van der Waals surface area contributed by atoms with E-state index in [0.29, 0.717) is 12.2 Å². The monoisotopic (exact) mass is 240 g/mol. The summed E-state index contributed by atoms with van der Waals surface area (Å²) in [6.45, 7) is 1.85. The molecule has 2 heteroatoms. The number of fused-ring (bicyclic) bond motifs is 1. The third kappa shape index (κ3) is 2.14. The van der Waals surface area contributed by atoms with Gasteiger partial charge in [0.1, 0.15) is 0 Å². The standard InChI is InChI=1S/C16H16O2/c1-2-12-6-11(7-14-9-17-14)4-5-16(12)13(3-1)8-15-10-18-15/h1-6,14-15H,7-10H2. The summed E-state index contributed by atoms with van der Waals surface area (Å²) in [5.74, 6) is 0. The van der Waals surface area contributed by atoms with Crippen LogP contribution in [0.2, 0.25) is 0 Å². The molecule has 2 aliphatic heterocycles. The second-order valence-electron chi connectivity index (χ2n) is 5.29. The number of hydrogen-bond donors (Lipinski definition) is 0. The zero-order valence-corrected chi connectivity index (χ0v) is 10.3. The summed E-state index contributed by atoms with van der Waals surface area (Å²) in [5, 5.41) is 2.71. The van der Waals surface area contributed by atoms with Crippen LogP contribution in [-0.4, -0.2) is 25.4 Å². The maximum atomic E-state index is 5.33. The molecule has 2 nitrogen and oxygen atoms in total. The average Bonchev–Trinajstić information content (AvgIpc) is 3.25. The zero-order chi connectivity index (χ0) is 11.9. The lowest BCUT2D eigenvalue weighted by Crippen LogP contribution is -1.96. The minimum Gasteiger partial charge on any atom is -0.373 e. The summed E-state index contributed by atoms with van der Waals surface area (Å²) in [5.41, 5.74) is 2.79. The molecular weight excluding hydrogens is 224 g/mol. The normalized spacial score (nSPS) is 25.3. The van der Waals surface area contributed by atoms with Crippen molar-refractivity contribution < 1.29 is 9.47 Å². The van der Waals surface area contributed by atoms with Crippen molar-refractivity contribution in [2.45, 2.75) is 25.0 Å². The average molecular weight is 240 g/mol. The van der Waals surface area contributed by atoms with Gasteiger partial charge in [0.05, 0.1) is 25.4 Å². The van der Waals surface area contributed by atoms with E-state index < -0.39 is 0 Å². The molecule has 2 fully saturated rings. The van der Waals surface area contributed by atoms with Gasteiger partial charge in [0.2, 0.25) is 0 Å². The van der Waals surface area contributed by atoms with Gasteiger partial charge in [-0.2, -0.15) is 0 Å². The number of benzene rings is 2. The molecule has 2 aromatic rings. The molecule has 2 heterocycles. The van der Waals surface area contributed by atoms with Gasteiger partial charge < -0.3 is 9.47 Å². The molecule has 0 spiro atoms. The molecule has 18 heavy (non-hydrogen) atoms. The molecule has 0 amide bonds. The van der Waals surface area contributed by atoms with Gasteiger partial charge in [0, 0.05) is 12.8 Å². The Kier molecular flexibility index (Phi) is 2.39. The van der Waals surface area contributed by atoms with Gasteiger partial charge in [0.15, 0.2) is 0 Å². The Morgan fingerprint density at radius 2 is 1.72 bits per heavy atom. The summed E-state index contributed by atoms with van der Waals surface area (Å²) in [6, 6.07) is 13.4. The lowest BCUT2D eigenvalue weighted by Gasteiger charge is -2.07. The molecule has 0 N–H and O–H groups in total. The fourth-order valence-electron chi connectivity index (χ4n) is 2.59. The van der Waals surface area contributed by atoms with E-state index in [-0.39, 0.29) is 0 Å². The SMILES string of the molecule is c1cc(CC2CO2)c2ccc(CC3CO3)cc2c1. The number of rotatable bonds is 4. The Hall–Kier alpha value is -1.38. The van der Waals surface area contributed by atoms with Crippen LogP contribution in [0.3, 0.4) is 0 Å². The summed E-state index contributed by atoms with van der Waals surface area (Å²) < 4.78 is 10.6. The Labute approximate surface area is 107 Å². The molecule has 2 aromatic carbocycles. The zero-order valence-electron chi connectivity index (χ0n) is 10.3. The highest BCUT2D eigenvalue weighted by atomic mass is 16.6. The number of ether oxygens (including phenoxy) is 2. The summed E-state index contributed by atoms with van der Waals surface area (Å²) in [7, 11) is 0. The van der Waals surface area contributed by atoms with Gasteiger partial charge in [-0.05, 0) is 21.9 Å². The lowest BCUT2D eigenvalue weighted by atomic mass is 9.98. The number of hydrogen-bond acceptors (Lipinski definition) is 2. The predicted octanol–water partition coefficient (Wildman–Crippen LogP) is 2.72. The van der Waals surface area contributed by atoms with Crippen molar-refractivity contribution in [3.8, 4) is 0 Å². The highest BCUT2D eigenvalue weighted by Crippen LogP contribution is 2.26. The minimum atomic E-state index is 0.454. The fraction of sp³-hybridized carbons (Fsp3) is 0.375. The van der Waals surface area contributed by atoms with Crippen molar-refractivity contribution in [2.75, 3.05) is 13.2 Å². The minimum absolute atomic E-state index is 0.454. The first kappa shape index (κ1) is 10.5. The fourth-order valence-corrected chi connectivity index (χ4v) is 2.59. The predicted molar refractivity (Wildman–Crippen MR) is 70.8 cm³/mol. The van der Waals surface area contributed by atoms with Crippen LogP contribution >= 0.6 is 0 Å². The van der Waals surface area contributed by atoms with Crippen LogP contribution in [0.1, 0.15) is 11.1 Å². The summed E-state index contributed by atoms with van der Waals surface area (Å²) in [6.07, 6.45) is 3.01. The first-order chi connectivity index (χ1) is 8.88. The highest BCUT2D eigenvalue weighted by Gasteiger charge is 2.24. The molecule has 0 aliphatic carbocycles. The van der Waals surface area contributed by atoms with Crippen LogP contribution < -0.4 is 0 Å². The summed E-state index contributed by atoms with van der Waals surface area (Å²) in [4.78, 5) is 0. The third-order valence-electron chi connectivity index (χ3n) is 3.75. The molecule has 0 bridgehead atoms. The van der Waals surface area contributed by atoms with Gasteiger partial charge in [-0.1, -0.05) is 36.4 Å². The van der Waals surface area contributed by atoms with E-state index in [4.69, 9.17) is 9.47 Å². The largest absolute Gasteiger partial charge is 0.373 e. The van der Waals surface area contributed by atoms with Crippen molar-refractivity contribution in [1.82, 2.24) is 0 Å². The van der Waals surface area contributed by atoms with E-state index in [9.17, 15) is 0 Å². The quantitative estimate of drug-likeness (QED) is 0.768. The van der Waals surface area contributed by atoms with Crippen molar-refractivity contribution in [2.24, 2.45) is 0 Å². The van der Waals surface area contributed by atoms with E-state index in [0.717, 1.165) is 26.1 Å². The van der Waals surface area contributed by atoms with E-state index >= 15 is 0 Å². The lowest BCUT2D eigenvalue weighted by molar-refractivity contribution is 0.407. The summed E-state index contributed by atoms with van der Waals surface area (Å²) >= 11 is 0. The first-order valence-electron chi connectivity index (χ1n) is 6.62. The Morgan fingerprint density at radius 1 is 0.944 bits per heavy atom. The third-order valence-corrected chi connectivity index (χ3v) is 3.75. The molecule has 0 aromatic heterocycles. The van der Waals surface area contributed by atoms with Gasteiger partial charge in [-0.15, -0.1) is 0 Å². The highest BCUT2D eigenvalue weighted by molar-refractivity contribution is 5.86. The van der Waals surface area contributed by atoms with Gasteiger partial charge in [-0.25, -0.2) is 0 Å². The molecule has 4 rings (SSSR count). The van der Waals surface area contributed by atoms with Crippen LogP contribution in [0.25, 0.3) is 10.8 Å². The maximum absolute atomic E-state index is 5.33. The molecule has 2 unspecified atom stereocenters. The van der Waals surface area contributed by atoms with Crippen LogP contribution in [-0.2, 0) is 22.3 Å². The molecule has 92 valence electrons. The molecular formula is C16H16O2. The maximum Gasteiger partial charge on any atom is 0.0850 e. The Balaban J connectivity index is 1.69. The van der Waals surface area contributed by atoms with Crippen LogP contribution in [0.5, 0.6) is 0 Å². The van der Waals surface area contributed by atoms with E-state index in [1.165, 1.54) is 21.9 Å². The van der Waals surface area contributed by atoms with Gasteiger partial charge in [0.25, 0.3) is 0 Å². The van der Waals surface area contributed by atoms with Crippen molar-refractivity contribution >= 4 is 10.8 Å². The second kappa shape index (κ2) is 4.08. The van der Waals surface area contributed by atoms with Crippen molar-refractivity contribution in [3.63, 3.8) is 0 Å². The number of epoxide rings is 2. The van der Waals surface area contributed by atoms with E-state index in [2.05, 4.69) is 36.4 Å². The van der Waals surface area contributed by atoms with E-state index in [1.54, 1.807) is 0 Å². The smallest absolute Gasteiger partial charge is 0.0850 e. The molecule has 0 saturated carbocycles. The molecule has 2 atom stereocenters. The van der Waals surface area contributed by atoms with Crippen molar-refractivity contribution in [3.05, 3.63) is 47.5 Å². The second-order valence-corrected chi connectivity index (χ2v) is 5.29.